The summed E-state index contributed by atoms with van der Waals surface area (Å²) >= 11 is 0. The van der Waals surface area contributed by atoms with Crippen LogP contribution >= 0.6 is 0 Å². The molecule has 0 amide bonds. The highest BCUT2D eigenvalue weighted by Gasteiger charge is 2.70. The summed E-state index contributed by atoms with van der Waals surface area (Å²) in [5.41, 5.74) is -1.44. The summed E-state index contributed by atoms with van der Waals surface area (Å²) in [6, 6.07) is 0. The molecular formula is C27H46O5. The van der Waals surface area contributed by atoms with Crippen molar-refractivity contribution in [2.24, 2.45) is 46.3 Å². The van der Waals surface area contributed by atoms with E-state index in [-0.39, 0.29) is 59.0 Å². The van der Waals surface area contributed by atoms with Crippen LogP contribution in [0.25, 0.3) is 0 Å². The van der Waals surface area contributed by atoms with E-state index in [4.69, 9.17) is 0 Å². The van der Waals surface area contributed by atoms with Gasteiger partial charge in [-0.25, -0.2) is 0 Å². The number of hydrogen-bond donors (Lipinski definition) is 5. The summed E-state index contributed by atoms with van der Waals surface area (Å²) in [6.07, 6.45) is 8.77. The maximum atomic E-state index is 12.3. The topological polar surface area (TPSA) is 101 Å². The molecule has 4 aliphatic rings. The summed E-state index contributed by atoms with van der Waals surface area (Å²) in [6.45, 7) is 8.93. The fraction of sp³-hybridized carbons (Fsp3) is 0.926. The molecule has 0 aromatic carbocycles. The standard InChI is InChI=1S/C27H46O5/c1-16(15-28)6-5-7-17(2)19-13-21(30)24-26(19,4)11-9-23-25(3)10-8-18(29)12-20(25)22(31)14-27(23,24)32/h5,7,16-24,28-32H,6,8-15H2,1-4H3/b7-5+/t16-,17+,18-,19+,20+,21+,22-,23+,24+,25-,26+,27-/m0/s1. The lowest BCUT2D eigenvalue weighted by Crippen LogP contribution is -2.68. The molecule has 0 heterocycles. The quantitative estimate of drug-likeness (QED) is 0.414. The van der Waals surface area contributed by atoms with Gasteiger partial charge in [0.2, 0.25) is 0 Å². The summed E-state index contributed by atoms with van der Waals surface area (Å²) in [5.74, 6) is 0.657. The minimum absolute atomic E-state index is 0.0191. The molecule has 0 unspecified atom stereocenters. The van der Waals surface area contributed by atoms with Crippen molar-refractivity contribution in [2.45, 2.75) is 103 Å². The van der Waals surface area contributed by atoms with Crippen molar-refractivity contribution in [3.05, 3.63) is 12.2 Å². The number of rotatable bonds is 5. The highest BCUT2D eigenvalue weighted by atomic mass is 16.3. The van der Waals surface area contributed by atoms with E-state index >= 15 is 0 Å². The first-order valence-corrected chi connectivity index (χ1v) is 13.0. The first kappa shape index (κ1) is 24.7. The van der Waals surface area contributed by atoms with Crippen molar-refractivity contribution >= 4 is 0 Å². The Morgan fingerprint density at radius 2 is 1.66 bits per heavy atom. The number of allylic oxidation sites excluding steroid dienone is 2. The average molecular weight is 451 g/mol. The lowest BCUT2D eigenvalue weighted by molar-refractivity contribution is -0.263. The van der Waals surface area contributed by atoms with Gasteiger partial charge in [-0.2, -0.15) is 0 Å². The van der Waals surface area contributed by atoms with Crippen LogP contribution in [-0.4, -0.2) is 56.1 Å². The number of aliphatic hydroxyl groups is 5. The third-order valence-electron chi connectivity index (χ3n) is 10.7. The van der Waals surface area contributed by atoms with E-state index in [1.54, 1.807) is 0 Å². The van der Waals surface area contributed by atoms with Gasteiger partial charge in [-0.05, 0) is 85.4 Å². The zero-order valence-corrected chi connectivity index (χ0v) is 20.5. The molecule has 0 aromatic heterocycles. The predicted molar refractivity (Wildman–Crippen MR) is 125 cm³/mol. The number of fused-ring (bicyclic) bond motifs is 5. The lowest BCUT2D eigenvalue weighted by atomic mass is 9.42. The number of aliphatic hydroxyl groups excluding tert-OH is 4. The van der Waals surface area contributed by atoms with Crippen LogP contribution in [-0.2, 0) is 0 Å². The van der Waals surface area contributed by atoms with Gasteiger partial charge in [0.25, 0.3) is 0 Å². The Hall–Kier alpha value is -0.460. The molecule has 4 saturated carbocycles. The minimum Gasteiger partial charge on any atom is -0.396 e. The Bertz CT molecular complexity index is 710. The van der Waals surface area contributed by atoms with E-state index in [2.05, 4.69) is 32.9 Å². The molecule has 32 heavy (non-hydrogen) atoms. The van der Waals surface area contributed by atoms with Crippen LogP contribution in [0.3, 0.4) is 0 Å². The molecule has 5 nitrogen and oxygen atoms in total. The zero-order valence-electron chi connectivity index (χ0n) is 20.5. The first-order chi connectivity index (χ1) is 15.0. The maximum absolute atomic E-state index is 12.3. The lowest BCUT2D eigenvalue weighted by Gasteiger charge is -2.66. The van der Waals surface area contributed by atoms with Gasteiger partial charge in [-0.3, -0.25) is 0 Å². The third kappa shape index (κ3) is 3.71. The normalized spacial score (nSPS) is 52.8. The van der Waals surface area contributed by atoms with E-state index in [1.807, 2.05) is 6.92 Å². The van der Waals surface area contributed by atoms with Gasteiger partial charge in [0.1, 0.15) is 0 Å². The van der Waals surface area contributed by atoms with E-state index in [0.717, 1.165) is 32.1 Å². The second-order valence-corrected chi connectivity index (χ2v) is 12.6. The minimum atomic E-state index is -1.07. The van der Waals surface area contributed by atoms with Gasteiger partial charge < -0.3 is 25.5 Å². The second kappa shape index (κ2) is 8.64. The van der Waals surface area contributed by atoms with Crippen LogP contribution in [0.2, 0.25) is 0 Å². The first-order valence-electron chi connectivity index (χ1n) is 13.0. The predicted octanol–water partition coefficient (Wildman–Crippen LogP) is 3.27. The van der Waals surface area contributed by atoms with Gasteiger partial charge in [0.05, 0.1) is 23.9 Å². The largest absolute Gasteiger partial charge is 0.396 e. The van der Waals surface area contributed by atoms with Crippen LogP contribution in [0.15, 0.2) is 12.2 Å². The van der Waals surface area contributed by atoms with Crippen LogP contribution in [0.5, 0.6) is 0 Å². The highest BCUT2D eigenvalue weighted by molar-refractivity contribution is 5.20. The van der Waals surface area contributed by atoms with Gasteiger partial charge in [0.15, 0.2) is 0 Å². The Kier molecular flexibility index (Phi) is 6.66. The van der Waals surface area contributed by atoms with Crippen LogP contribution in [0, 0.1) is 46.3 Å². The molecule has 4 fully saturated rings. The van der Waals surface area contributed by atoms with E-state index in [0.29, 0.717) is 19.3 Å². The molecule has 0 aromatic rings. The van der Waals surface area contributed by atoms with Crippen molar-refractivity contribution in [1.82, 2.24) is 0 Å². The fourth-order valence-corrected chi connectivity index (χ4v) is 9.07. The van der Waals surface area contributed by atoms with Crippen molar-refractivity contribution in [3.63, 3.8) is 0 Å². The fourth-order valence-electron chi connectivity index (χ4n) is 9.07. The molecule has 184 valence electrons. The SMILES string of the molecule is C[C@H](CO)C/C=C/[C@@H](C)[C@H]1C[C@@H](O)[C@@H]2[C@]1(C)CC[C@@H]1[C@@]3(C)CC[C@H](O)C[C@@H]3[C@@H](O)C[C@]12O. The Balaban J connectivity index is 1.61. The maximum Gasteiger partial charge on any atom is 0.0763 e. The van der Waals surface area contributed by atoms with Crippen LogP contribution < -0.4 is 0 Å². The summed E-state index contributed by atoms with van der Waals surface area (Å²) in [7, 11) is 0. The molecule has 4 rings (SSSR count). The summed E-state index contributed by atoms with van der Waals surface area (Å²) in [5, 5.41) is 54.3. The smallest absolute Gasteiger partial charge is 0.0763 e. The highest BCUT2D eigenvalue weighted by Crippen LogP contribution is 2.69. The average Bonchev–Trinajstić information content (AvgIpc) is 3.00. The van der Waals surface area contributed by atoms with Gasteiger partial charge >= 0.3 is 0 Å². The molecule has 0 bridgehead atoms. The Morgan fingerprint density at radius 3 is 2.34 bits per heavy atom. The summed E-state index contributed by atoms with van der Waals surface area (Å²) < 4.78 is 0. The molecule has 0 spiro atoms. The molecule has 0 saturated heterocycles. The molecule has 5 N–H and O–H groups in total. The van der Waals surface area contributed by atoms with Crippen molar-refractivity contribution in [2.75, 3.05) is 6.61 Å². The van der Waals surface area contributed by atoms with E-state index in [1.165, 1.54) is 0 Å². The molecular weight excluding hydrogens is 404 g/mol. The molecule has 12 atom stereocenters. The van der Waals surface area contributed by atoms with Gasteiger partial charge in [-0.1, -0.05) is 39.8 Å². The monoisotopic (exact) mass is 450 g/mol. The zero-order chi connectivity index (χ0) is 23.5. The van der Waals surface area contributed by atoms with Crippen molar-refractivity contribution < 1.29 is 25.5 Å². The Morgan fingerprint density at radius 1 is 0.969 bits per heavy atom. The third-order valence-corrected chi connectivity index (χ3v) is 10.7. The van der Waals surface area contributed by atoms with E-state index < -0.39 is 17.8 Å². The molecule has 5 heteroatoms. The van der Waals surface area contributed by atoms with Gasteiger partial charge in [0, 0.05) is 18.9 Å². The summed E-state index contributed by atoms with van der Waals surface area (Å²) in [4.78, 5) is 0. The van der Waals surface area contributed by atoms with E-state index in [9.17, 15) is 25.5 Å². The number of hydrogen-bond acceptors (Lipinski definition) is 5. The Labute approximate surface area is 193 Å². The van der Waals surface area contributed by atoms with Crippen LogP contribution in [0.1, 0.15) is 79.1 Å². The molecule has 4 aliphatic carbocycles. The molecule has 0 radical (unpaired) electrons. The van der Waals surface area contributed by atoms with Gasteiger partial charge in [-0.15, -0.1) is 0 Å². The second-order valence-electron chi connectivity index (χ2n) is 12.6. The van der Waals surface area contributed by atoms with Crippen molar-refractivity contribution in [3.8, 4) is 0 Å². The van der Waals surface area contributed by atoms with Crippen molar-refractivity contribution in [1.29, 1.82) is 0 Å². The molecule has 0 aliphatic heterocycles. The van der Waals surface area contributed by atoms with Crippen LogP contribution in [0.4, 0.5) is 0 Å².